The summed E-state index contributed by atoms with van der Waals surface area (Å²) in [6.45, 7) is 1.76. The van der Waals surface area contributed by atoms with Crippen molar-refractivity contribution in [3.8, 4) is 17.6 Å². The number of aryl methyl sites for hydroxylation is 1. The Hall–Kier alpha value is -2.91. The van der Waals surface area contributed by atoms with Crippen LogP contribution in [-0.4, -0.2) is 24.7 Å². The number of benzene rings is 2. The number of nitrogens with zero attached hydrogens (tertiary/aromatic N) is 2. The monoisotopic (exact) mass is 352 g/mol. The van der Waals surface area contributed by atoms with E-state index in [-0.39, 0.29) is 18.2 Å². The number of rotatable bonds is 3. The first-order chi connectivity index (χ1) is 12.0. The van der Waals surface area contributed by atoms with Gasteiger partial charge in [0.15, 0.2) is 11.5 Å². The largest absolute Gasteiger partial charge is 0.504 e. The van der Waals surface area contributed by atoms with Crippen molar-refractivity contribution in [2.75, 3.05) is 18.6 Å². The number of para-hydroxylation sites is 1. The molecule has 2 aromatic carbocycles. The topological polar surface area (TPSA) is 73.6 Å². The summed E-state index contributed by atoms with van der Waals surface area (Å²) in [4.78, 5) is 15.7. The lowest BCUT2D eigenvalue weighted by Gasteiger charge is -2.28. The number of thioether (sulfide) groups is 1. The van der Waals surface area contributed by atoms with E-state index in [0.29, 0.717) is 16.2 Å². The van der Waals surface area contributed by atoms with Gasteiger partial charge in [-0.15, -0.1) is 0 Å². The lowest BCUT2D eigenvalue weighted by molar-refractivity contribution is -0.114. The highest BCUT2D eigenvalue weighted by Gasteiger charge is 2.28. The molecule has 0 spiro atoms. The number of fused-ring (bicyclic) bond motifs is 1. The molecule has 3 rings (SSSR count). The maximum Gasteiger partial charge on any atom is 0.266 e. The van der Waals surface area contributed by atoms with Gasteiger partial charge in [0.05, 0.1) is 23.8 Å². The van der Waals surface area contributed by atoms with Crippen LogP contribution in [0.1, 0.15) is 11.1 Å². The van der Waals surface area contributed by atoms with Gasteiger partial charge in [0.1, 0.15) is 6.54 Å². The zero-order valence-corrected chi connectivity index (χ0v) is 14.6. The summed E-state index contributed by atoms with van der Waals surface area (Å²) in [7, 11) is 1.48. The van der Waals surface area contributed by atoms with Crippen LogP contribution in [-0.2, 0) is 4.79 Å². The van der Waals surface area contributed by atoms with Gasteiger partial charge in [0, 0.05) is 4.90 Å². The molecule has 1 aliphatic rings. The molecule has 0 atom stereocenters. The fraction of sp³-hybridized carbons (Fsp3) is 0.158. The predicted molar refractivity (Wildman–Crippen MR) is 97.6 cm³/mol. The molecule has 1 aliphatic heterocycles. The number of nitriles is 1. The Labute approximate surface area is 150 Å². The van der Waals surface area contributed by atoms with Gasteiger partial charge in [-0.25, -0.2) is 0 Å². The zero-order valence-electron chi connectivity index (χ0n) is 13.8. The summed E-state index contributed by atoms with van der Waals surface area (Å²) >= 11 is 1.37. The molecule has 6 heteroatoms. The van der Waals surface area contributed by atoms with Crippen LogP contribution in [0.4, 0.5) is 5.69 Å². The molecule has 0 saturated carbocycles. The summed E-state index contributed by atoms with van der Waals surface area (Å²) in [6, 6.07) is 13.0. The third-order valence-corrected chi connectivity index (χ3v) is 4.94. The van der Waals surface area contributed by atoms with E-state index in [4.69, 9.17) is 10.00 Å². The molecule has 0 saturated heterocycles. The molecule has 25 heavy (non-hydrogen) atoms. The number of carbonyl (C=O) groups excluding carboxylic acids is 1. The molecule has 0 aromatic heterocycles. The van der Waals surface area contributed by atoms with Gasteiger partial charge in [-0.05, 0) is 48.4 Å². The number of phenols is 1. The normalized spacial score (nSPS) is 15.0. The van der Waals surface area contributed by atoms with Crippen molar-refractivity contribution in [3.05, 3.63) is 52.4 Å². The Morgan fingerprint density at radius 1 is 1.36 bits per heavy atom. The van der Waals surface area contributed by atoms with E-state index in [0.717, 1.165) is 16.1 Å². The summed E-state index contributed by atoms with van der Waals surface area (Å²) in [5.41, 5.74) is 2.16. The van der Waals surface area contributed by atoms with E-state index < -0.39 is 0 Å². The fourth-order valence-corrected chi connectivity index (χ4v) is 3.71. The lowest BCUT2D eigenvalue weighted by Crippen LogP contribution is -2.34. The molecule has 2 aromatic rings. The minimum atomic E-state index is -0.213. The Morgan fingerprint density at radius 3 is 2.84 bits per heavy atom. The van der Waals surface area contributed by atoms with Crippen LogP contribution >= 0.6 is 11.8 Å². The summed E-state index contributed by atoms with van der Waals surface area (Å²) in [5.74, 6) is 0.230. The number of hydrogen-bond donors (Lipinski definition) is 1. The molecule has 1 heterocycles. The number of phenolic OH excluding ortho intramolecular Hbond substituents is 1. The van der Waals surface area contributed by atoms with Crippen molar-refractivity contribution in [1.82, 2.24) is 0 Å². The number of hydrogen-bond acceptors (Lipinski definition) is 5. The second-order valence-electron chi connectivity index (χ2n) is 5.52. The predicted octanol–water partition coefficient (Wildman–Crippen LogP) is 3.71. The first-order valence-electron chi connectivity index (χ1n) is 7.60. The van der Waals surface area contributed by atoms with Crippen LogP contribution in [0.15, 0.2) is 46.2 Å². The van der Waals surface area contributed by atoms with Crippen molar-refractivity contribution in [3.63, 3.8) is 0 Å². The van der Waals surface area contributed by atoms with E-state index in [1.54, 1.807) is 25.1 Å². The Bertz CT molecular complexity index is 915. The summed E-state index contributed by atoms with van der Waals surface area (Å²) in [5, 5.41) is 19.0. The highest BCUT2D eigenvalue weighted by molar-refractivity contribution is 8.04. The van der Waals surface area contributed by atoms with Gasteiger partial charge in [-0.2, -0.15) is 5.26 Å². The summed E-state index contributed by atoms with van der Waals surface area (Å²) in [6.07, 6.45) is 1.75. The average Bonchev–Trinajstić information content (AvgIpc) is 2.61. The smallest absolute Gasteiger partial charge is 0.266 e. The quantitative estimate of drug-likeness (QED) is 0.673. The molecular weight excluding hydrogens is 336 g/mol. The maximum atomic E-state index is 12.8. The van der Waals surface area contributed by atoms with Gasteiger partial charge >= 0.3 is 0 Å². The molecule has 0 bridgehead atoms. The molecule has 0 unspecified atom stereocenters. The average molecular weight is 352 g/mol. The number of ether oxygens (including phenoxy) is 1. The molecular formula is C19H16N2O3S. The number of methoxy groups -OCH3 is 1. The molecule has 0 fully saturated rings. The first kappa shape index (κ1) is 16.9. The van der Waals surface area contributed by atoms with Crippen LogP contribution in [0.2, 0.25) is 0 Å². The summed E-state index contributed by atoms with van der Waals surface area (Å²) < 4.78 is 5.17. The van der Waals surface area contributed by atoms with Crippen molar-refractivity contribution >= 4 is 29.4 Å². The van der Waals surface area contributed by atoms with E-state index in [1.165, 1.54) is 23.8 Å². The Morgan fingerprint density at radius 2 is 2.12 bits per heavy atom. The number of anilines is 1. The highest BCUT2D eigenvalue weighted by Crippen LogP contribution is 2.42. The second-order valence-corrected chi connectivity index (χ2v) is 6.60. The van der Waals surface area contributed by atoms with E-state index >= 15 is 0 Å². The van der Waals surface area contributed by atoms with Gasteiger partial charge in [-0.3, -0.25) is 9.69 Å². The van der Waals surface area contributed by atoms with Crippen LogP contribution < -0.4 is 9.64 Å². The van der Waals surface area contributed by atoms with Crippen molar-refractivity contribution in [2.24, 2.45) is 0 Å². The van der Waals surface area contributed by atoms with Gasteiger partial charge in [0.25, 0.3) is 5.91 Å². The van der Waals surface area contributed by atoms with Gasteiger partial charge in [0.2, 0.25) is 0 Å². The lowest BCUT2D eigenvalue weighted by atomic mass is 10.1. The Kier molecular flexibility index (Phi) is 4.68. The number of carbonyl (C=O) groups is 1. The van der Waals surface area contributed by atoms with Crippen molar-refractivity contribution in [1.29, 1.82) is 5.26 Å². The SMILES string of the molecule is COc1cc(C=C2Sc3ccccc3N(CC#N)C2=O)cc(C)c1O. The maximum absolute atomic E-state index is 12.8. The van der Waals surface area contributed by atoms with Crippen LogP contribution in [0, 0.1) is 18.3 Å². The third-order valence-electron chi connectivity index (χ3n) is 3.87. The van der Waals surface area contributed by atoms with Gasteiger partial charge < -0.3 is 9.84 Å². The van der Waals surface area contributed by atoms with E-state index in [2.05, 4.69) is 0 Å². The molecule has 1 N–H and O–H groups in total. The highest BCUT2D eigenvalue weighted by atomic mass is 32.2. The van der Waals surface area contributed by atoms with E-state index in [9.17, 15) is 9.90 Å². The van der Waals surface area contributed by atoms with Crippen molar-refractivity contribution < 1.29 is 14.6 Å². The van der Waals surface area contributed by atoms with Crippen molar-refractivity contribution in [2.45, 2.75) is 11.8 Å². The molecule has 0 radical (unpaired) electrons. The molecule has 0 aliphatic carbocycles. The number of aromatic hydroxyl groups is 1. The van der Waals surface area contributed by atoms with E-state index in [1.807, 2.05) is 30.3 Å². The minimum Gasteiger partial charge on any atom is -0.504 e. The Balaban J connectivity index is 2.06. The third kappa shape index (κ3) is 3.19. The molecule has 5 nitrogen and oxygen atoms in total. The molecule has 1 amide bonds. The molecule has 126 valence electrons. The fourth-order valence-electron chi connectivity index (χ4n) is 2.65. The minimum absolute atomic E-state index is 0.00826. The van der Waals surface area contributed by atoms with Crippen LogP contribution in [0.5, 0.6) is 11.5 Å². The van der Waals surface area contributed by atoms with Crippen LogP contribution in [0.3, 0.4) is 0 Å². The van der Waals surface area contributed by atoms with Crippen LogP contribution in [0.25, 0.3) is 6.08 Å². The zero-order chi connectivity index (χ0) is 18.0. The second kappa shape index (κ2) is 6.91. The van der Waals surface area contributed by atoms with Gasteiger partial charge in [-0.1, -0.05) is 23.9 Å². The first-order valence-corrected chi connectivity index (χ1v) is 8.41. The standard InChI is InChI=1S/C19H16N2O3S/c1-12-9-13(10-15(24-2)18(12)22)11-17-19(23)21(8-7-20)14-5-3-4-6-16(14)25-17/h3-6,9-11,22H,8H2,1-2H3. The number of amides is 1.